The van der Waals surface area contributed by atoms with Gasteiger partial charge >= 0.3 is 11.6 Å². The number of hydrogen-bond acceptors (Lipinski definition) is 6. The Hall–Kier alpha value is -3.28. The van der Waals surface area contributed by atoms with E-state index in [1.807, 2.05) is 36.1 Å². The van der Waals surface area contributed by atoms with E-state index < -0.39 is 0 Å². The quantitative estimate of drug-likeness (QED) is 0.392. The van der Waals surface area contributed by atoms with Crippen LogP contribution in [0.15, 0.2) is 51.7 Å². The normalized spacial score (nSPS) is 13.0. The van der Waals surface area contributed by atoms with E-state index in [9.17, 15) is 9.59 Å². The number of ether oxygens (including phenoxy) is 2. The maximum absolute atomic E-state index is 12.2. The molecule has 0 atom stereocenters. The molecule has 0 saturated heterocycles. The highest BCUT2D eigenvalue weighted by Crippen LogP contribution is 2.35. The molecular formula is C25H27NO5. The molecule has 31 heavy (non-hydrogen) atoms. The van der Waals surface area contributed by atoms with Crippen LogP contribution < -0.4 is 15.3 Å². The first-order valence-electron chi connectivity index (χ1n) is 10.8. The number of hydrogen-bond donors (Lipinski definition) is 0. The molecule has 2 aromatic carbocycles. The molecule has 0 unspecified atom stereocenters. The molecule has 1 aromatic heterocycles. The molecule has 1 aliphatic heterocycles. The summed E-state index contributed by atoms with van der Waals surface area (Å²) in [6.07, 6.45) is 3.72. The lowest BCUT2D eigenvalue weighted by Gasteiger charge is -2.31. The van der Waals surface area contributed by atoms with E-state index >= 15 is 0 Å². The number of nitrogens with zero attached hydrogens (tertiary/aromatic N) is 1. The van der Waals surface area contributed by atoms with Crippen LogP contribution in [0.25, 0.3) is 11.0 Å². The van der Waals surface area contributed by atoms with Gasteiger partial charge < -0.3 is 18.8 Å². The average Bonchev–Trinajstić information content (AvgIpc) is 2.80. The van der Waals surface area contributed by atoms with E-state index in [0.717, 1.165) is 53.6 Å². The van der Waals surface area contributed by atoms with Crippen molar-refractivity contribution in [3.8, 4) is 5.75 Å². The largest absolute Gasteiger partial charge is 0.473 e. The molecular weight excluding hydrogens is 394 g/mol. The number of fused-ring (bicyclic) bond motifs is 3. The third-order valence-corrected chi connectivity index (χ3v) is 5.49. The van der Waals surface area contributed by atoms with Crippen LogP contribution in [0.3, 0.4) is 0 Å². The van der Waals surface area contributed by atoms with Crippen LogP contribution in [-0.2, 0) is 17.7 Å². The Morgan fingerprint density at radius 3 is 2.65 bits per heavy atom. The molecule has 4 rings (SSSR count). The van der Waals surface area contributed by atoms with E-state index in [1.54, 1.807) is 18.2 Å². The number of aryl methyl sites for hydroxylation is 1. The Bertz CT molecular complexity index is 1130. The first kappa shape index (κ1) is 21.0. The molecule has 0 spiro atoms. The standard InChI is InChI=1S/C25H27NO5/c1-3-5-6-18-14-23(27)31-24-20(18)11-12-22-21(24)15-26(16-30-22)19-9-7-17(8-10-19)25(28)29-13-4-2/h7-12,14H,3-6,13,15-16H2,1-2H3. The molecule has 162 valence electrons. The van der Waals surface area contributed by atoms with Crippen molar-refractivity contribution in [2.75, 3.05) is 18.2 Å². The van der Waals surface area contributed by atoms with E-state index in [0.29, 0.717) is 31.0 Å². The van der Waals surface area contributed by atoms with Crippen molar-refractivity contribution in [1.82, 2.24) is 0 Å². The minimum absolute atomic E-state index is 0.319. The van der Waals surface area contributed by atoms with Crippen LogP contribution >= 0.6 is 0 Å². The van der Waals surface area contributed by atoms with E-state index in [1.165, 1.54) is 0 Å². The van der Waals surface area contributed by atoms with Crippen LogP contribution in [0, 0.1) is 0 Å². The molecule has 0 radical (unpaired) electrons. The van der Waals surface area contributed by atoms with Gasteiger partial charge in [0.05, 0.1) is 24.3 Å². The smallest absolute Gasteiger partial charge is 0.338 e. The minimum Gasteiger partial charge on any atom is -0.473 e. The lowest BCUT2D eigenvalue weighted by atomic mass is 10.0. The fourth-order valence-corrected chi connectivity index (χ4v) is 3.82. The van der Waals surface area contributed by atoms with E-state index in [4.69, 9.17) is 13.9 Å². The highest BCUT2D eigenvalue weighted by atomic mass is 16.5. The number of unbranched alkanes of at least 4 members (excludes halogenated alkanes) is 1. The number of carbonyl (C=O) groups is 1. The van der Waals surface area contributed by atoms with Crippen molar-refractivity contribution in [2.24, 2.45) is 0 Å². The van der Waals surface area contributed by atoms with Gasteiger partial charge in [-0.05, 0) is 61.2 Å². The molecule has 3 aromatic rings. The van der Waals surface area contributed by atoms with Gasteiger partial charge in [-0.3, -0.25) is 0 Å². The minimum atomic E-state index is -0.334. The first-order chi connectivity index (χ1) is 15.1. The SMILES string of the molecule is CCCCc1cc(=O)oc2c3c(ccc12)OCN(c1ccc(C(=O)OCCC)cc1)C3. The molecule has 6 nitrogen and oxygen atoms in total. The topological polar surface area (TPSA) is 69.0 Å². The van der Waals surface area contributed by atoms with Crippen molar-refractivity contribution in [3.05, 3.63) is 69.6 Å². The molecule has 2 heterocycles. The van der Waals surface area contributed by atoms with Gasteiger partial charge in [-0.1, -0.05) is 20.3 Å². The van der Waals surface area contributed by atoms with Crippen molar-refractivity contribution in [2.45, 2.75) is 46.1 Å². The summed E-state index contributed by atoms with van der Waals surface area (Å²) in [5, 5.41) is 0.964. The maximum Gasteiger partial charge on any atom is 0.338 e. The lowest BCUT2D eigenvalue weighted by molar-refractivity contribution is 0.0505. The van der Waals surface area contributed by atoms with Gasteiger partial charge in [-0.25, -0.2) is 9.59 Å². The highest BCUT2D eigenvalue weighted by molar-refractivity contribution is 5.90. The van der Waals surface area contributed by atoms with Gasteiger partial charge in [0.15, 0.2) is 6.73 Å². The Labute approximate surface area is 181 Å². The van der Waals surface area contributed by atoms with Gasteiger partial charge in [0.1, 0.15) is 11.3 Å². The summed E-state index contributed by atoms with van der Waals surface area (Å²) in [6.45, 7) is 5.43. The van der Waals surface area contributed by atoms with E-state index in [2.05, 4.69) is 6.92 Å². The summed E-state index contributed by atoms with van der Waals surface area (Å²) in [6, 6.07) is 12.8. The zero-order valence-corrected chi connectivity index (χ0v) is 18.0. The zero-order valence-electron chi connectivity index (χ0n) is 18.0. The molecule has 6 heteroatoms. The fourth-order valence-electron chi connectivity index (χ4n) is 3.82. The summed E-state index contributed by atoms with van der Waals surface area (Å²) in [5.41, 5.74) is 3.58. The summed E-state index contributed by atoms with van der Waals surface area (Å²) in [7, 11) is 0. The molecule has 0 bridgehead atoms. The number of anilines is 1. The van der Waals surface area contributed by atoms with Crippen molar-refractivity contribution in [3.63, 3.8) is 0 Å². The van der Waals surface area contributed by atoms with Crippen molar-refractivity contribution >= 4 is 22.6 Å². The molecule has 0 fully saturated rings. The molecule has 0 saturated carbocycles. The van der Waals surface area contributed by atoms with Crippen LogP contribution in [0.2, 0.25) is 0 Å². The lowest BCUT2D eigenvalue weighted by Crippen LogP contribution is -2.32. The van der Waals surface area contributed by atoms with Gasteiger partial charge in [0.25, 0.3) is 0 Å². The average molecular weight is 421 g/mol. The number of rotatable bonds is 7. The van der Waals surface area contributed by atoms with Crippen molar-refractivity contribution in [1.29, 1.82) is 0 Å². The number of benzene rings is 2. The molecule has 0 amide bonds. The summed E-state index contributed by atoms with van der Waals surface area (Å²) in [4.78, 5) is 26.3. The highest BCUT2D eigenvalue weighted by Gasteiger charge is 2.23. The molecule has 0 N–H and O–H groups in total. The monoisotopic (exact) mass is 421 g/mol. The van der Waals surface area contributed by atoms with Crippen LogP contribution in [0.1, 0.15) is 54.6 Å². The van der Waals surface area contributed by atoms with Gasteiger partial charge in [-0.2, -0.15) is 0 Å². The second-order valence-corrected chi connectivity index (χ2v) is 7.77. The summed E-state index contributed by atoms with van der Waals surface area (Å²) >= 11 is 0. The van der Waals surface area contributed by atoms with Crippen LogP contribution in [0.5, 0.6) is 5.75 Å². The molecule has 0 aliphatic carbocycles. The van der Waals surface area contributed by atoms with Gasteiger partial charge in [-0.15, -0.1) is 0 Å². The van der Waals surface area contributed by atoms with Crippen LogP contribution in [0.4, 0.5) is 5.69 Å². The zero-order chi connectivity index (χ0) is 21.8. The predicted octanol–water partition coefficient (Wildman–Crippen LogP) is 5.06. The second kappa shape index (κ2) is 9.25. The number of esters is 1. The third kappa shape index (κ3) is 4.43. The Morgan fingerprint density at radius 1 is 1.10 bits per heavy atom. The van der Waals surface area contributed by atoms with E-state index in [-0.39, 0.29) is 11.6 Å². The fraction of sp³-hybridized carbons (Fsp3) is 0.360. The third-order valence-electron chi connectivity index (χ3n) is 5.49. The van der Waals surface area contributed by atoms with Gasteiger partial charge in [0.2, 0.25) is 0 Å². The summed E-state index contributed by atoms with van der Waals surface area (Å²) < 4.78 is 16.8. The summed E-state index contributed by atoms with van der Waals surface area (Å²) in [5.74, 6) is 0.417. The van der Waals surface area contributed by atoms with Crippen molar-refractivity contribution < 1.29 is 18.7 Å². The van der Waals surface area contributed by atoms with Crippen LogP contribution in [-0.4, -0.2) is 19.3 Å². The Balaban J connectivity index is 1.62. The Kier molecular flexibility index (Phi) is 6.26. The number of carbonyl (C=O) groups excluding carboxylic acids is 1. The molecule has 1 aliphatic rings. The second-order valence-electron chi connectivity index (χ2n) is 7.77. The first-order valence-corrected chi connectivity index (χ1v) is 10.8. The predicted molar refractivity (Wildman–Crippen MR) is 120 cm³/mol. The van der Waals surface area contributed by atoms with Gasteiger partial charge in [0, 0.05) is 17.1 Å². The Morgan fingerprint density at radius 2 is 1.90 bits per heavy atom. The maximum atomic E-state index is 12.2.